The maximum atomic E-state index is 5.34. The van der Waals surface area contributed by atoms with Crippen molar-refractivity contribution in [2.24, 2.45) is 10.9 Å². The predicted octanol–water partition coefficient (Wildman–Crippen LogP) is 1.62. The number of hydrogen-bond acceptors (Lipinski definition) is 3. The van der Waals surface area contributed by atoms with Crippen LogP contribution in [0.25, 0.3) is 0 Å². The maximum absolute atomic E-state index is 5.34. The fourth-order valence-corrected chi connectivity index (χ4v) is 3.12. The van der Waals surface area contributed by atoms with Crippen molar-refractivity contribution >= 4 is 5.96 Å². The summed E-state index contributed by atoms with van der Waals surface area (Å²) in [5, 5.41) is 7.04. The summed E-state index contributed by atoms with van der Waals surface area (Å²) in [4.78, 5) is 6.90. The highest BCUT2D eigenvalue weighted by Gasteiger charge is 2.31. The zero-order chi connectivity index (χ0) is 15.9. The highest BCUT2D eigenvalue weighted by molar-refractivity contribution is 5.80. The van der Waals surface area contributed by atoms with Crippen molar-refractivity contribution in [1.29, 1.82) is 0 Å². The summed E-state index contributed by atoms with van der Waals surface area (Å²) >= 11 is 0. The summed E-state index contributed by atoms with van der Waals surface area (Å²) in [5.41, 5.74) is 1.49. The maximum Gasteiger partial charge on any atom is 0.191 e. The smallest absolute Gasteiger partial charge is 0.191 e. The predicted molar refractivity (Wildman–Crippen MR) is 92.3 cm³/mol. The van der Waals surface area contributed by atoms with Gasteiger partial charge in [-0.25, -0.2) is 0 Å². The van der Waals surface area contributed by atoms with Crippen LogP contribution in [0.15, 0.2) is 16.6 Å². The Bertz CT molecular complexity index is 405. The van der Waals surface area contributed by atoms with Crippen LogP contribution in [0.4, 0.5) is 0 Å². The molecular formula is C17H32N4O. The number of likely N-dealkylation sites (tertiary alicyclic amines) is 1. The van der Waals surface area contributed by atoms with Crippen molar-refractivity contribution < 1.29 is 4.74 Å². The molecule has 1 fully saturated rings. The second-order valence-electron chi connectivity index (χ2n) is 6.71. The molecule has 2 unspecified atom stereocenters. The van der Waals surface area contributed by atoms with Gasteiger partial charge in [-0.1, -0.05) is 18.6 Å². The molecule has 5 nitrogen and oxygen atoms in total. The van der Waals surface area contributed by atoms with Gasteiger partial charge >= 0.3 is 0 Å². The third-order valence-corrected chi connectivity index (χ3v) is 4.71. The lowest BCUT2D eigenvalue weighted by Gasteiger charge is -2.22. The normalized spacial score (nSPS) is 27.1. The van der Waals surface area contributed by atoms with Gasteiger partial charge in [-0.05, 0) is 32.6 Å². The first-order valence-corrected chi connectivity index (χ1v) is 8.57. The fourth-order valence-electron chi connectivity index (χ4n) is 3.12. The third-order valence-electron chi connectivity index (χ3n) is 4.71. The number of rotatable bonds is 5. The second kappa shape index (κ2) is 8.53. The lowest BCUT2D eigenvalue weighted by molar-refractivity contribution is 0.153. The first-order chi connectivity index (χ1) is 10.6. The number of guanidine groups is 1. The minimum absolute atomic E-state index is 0.482. The third kappa shape index (κ3) is 4.99. The van der Waals surface area contributed by atoms with Crippen LogP contribution in [0, 0.1) is 5.92 Å². The molecule has 0 aromatic rings. The van der Waals surface area contributed by atoms with Crippen LogP contribution in [-0.4, -0.2) is 62.8 Å². The average molecular weight is 308 g/mol. The van der Waals surface area contributed by atoms with Gasteiger partial charge in [0.1, 0.15) is 0 Å². The summed E-state index contributed by atoms with van der Waals surface area (Å²) in [5.74, 6) is 1.58. The van der Waals surface area contributed by atoms with Crippen LogP contribution in [0.1, 0.15) is 33.6 Å². The van der Waals surface area contributed by atoms with Crippen LogP contribution in [0.2, 0.25) is 0 Å². The van der Waals surface area contributed by atoms with Gasteiger partial charge in [0, 0.05) is 38.8 Å². The van der Waals surface area contributed by atoms with Crippen LogP contribution in [-0.2, 0) is 4.74 Å². The van der Waals surface area contributed by atoms with Gasteiger partial charge in [-0.3, -0.25) is 9.89 Å². The number of nitrogens with zero attached hydrogens (tertiary/aromatic N) is 2. The van der Waals surface area contributed by atoms with Crippen LogP contribution < -0.4 is 10.6 Å². The molecule has 2 aliphatic rings. The average Bonchev–Trinajstić information content (AvgIpc) is 2.88. The topological polar surface area (TPSA) is 48.9 Å². The summed E-state index contributed by atoms with van der Waals surface area (Å²) in [6.45, 7) is 11.7. The SMILES string of the molecule is CN=C(NCCC1=CCOCC1)NC1CN(C(C)C)CC1C. The first-order valence-electron chi connectivity index (χ1n) is 8.57. The van der Waals surface area contributed by atoms with E-state index in [0.717, 1.165) is 45.1 Å². The number of nitrogens with one attached hydrogen (secondary N) is 2. The standard InChI is InChI=1S/C17H32N4O/c1-13(2)21-11-14(3)16(12-21)20-17(18-4)19-8-5-15-6-9-22-10-7-15/h6,13-14,16H,5,7-12H2,1-4H3,(H2,18,19,20). The Balaban J connectivity index is 1.74. The van der Waals surface area contributed by atoms with E-state index < -0.39 is 0 Å². The van der Waals surface area contributed by atoms with Crippen molar-refractivity contribution in [3.63, 3.8) is 0 Å². The van der Waals surface area contributed by atoms with Crippen LogP contribution in [0.3, 0.4) is 0 Å². The van der Waals surface area contributed by atoms with Crippen molar-refractivity contribution in [2.45, 2.75) is 45.7 Å². The van der Waals surface area contributed by atoms with Gasteiger partial charge < -0.3 is 15.4 Å². The molecular weight excluding hydrogens is 276 g/mol. The van der Waals surface area contributed by atoms with E-state index in [4.69, 9.17) is 4.74 Å². The van der Waals surface area contributed by atoms with E-state index in [1.807, 2.05) is 7.05 Å². The Morgan fingerprint density at radius 1 is 1.45 bits per heavy atom. The molecule has 0 radical (unpaired) electrons. The Morgan fingerprint density at radius 3 is 2.86 bits per heavy atom. The van der Waals surface area contributed by atoms with E-state index in [1.54, 1.807) is 0 Å². The van der Waals surface area contributed by atoms with E-state index >= 15 is 0 Å². The summed E-state index contributed by atoms with van der Waals surface area (Å²) in [6, 6.07) is 1.10. The summed E-state index contributed by atoms with van der Waals surface area (Å²) < 4.78 is 5.34. The minimum Gasteiger partial charge on any atom is -0.377 e. The zero-order valence-corrected chi connectivity index (χ0v) is 14.6. The van der Waals surface area contributed by atoms with E-state index in [1.165, 1.54) is 12.1 Å². The van der Waals surface area contributed by atoms with E-state index in [0.29, 0.717) is 18.0 Å². The largest absolute Gasteiger partial charge is 0.377 e. The molecule has 2 rings (SSSR count). The van der Waals surface area contributed by atoms with Crippen molar-refractivity contribution in [2.75, 3.05) is 39.9 Å². The van der Waals surface area contributed by atoms with Crippen molar-refractivity contribution in [3.8, 4) is 0 Å². The molecule has 2 heterocycles. The number of ether oxygens (including phenoxy) is 1. The van der Waals surface area contributed by atoms with Gasteiger partial charge in [-0.2, -0.15) is 0 Å². The van der Waals surface area contributed by atoms with Gasteiger partial charge in [0.2, 0.25) is 0 Å². The fraction of sp³-hybridized carbons (Fsp3) is 0.824. The second-order valence-corrected chi connectivity index (χ2v) is 6.71. The minimum atomic E-state index is 0.482. The van der Waals surface area contributed by atoms with E-state index in [-0.39, 0.29) is 0 Å². The van der Waals surface area contributed by atoms with E-state index in [9.17, 15) is 0 Å². The first kappa shape index (κ1) is 17.3. The molecule has 0 bridgehead atoms. The highest BCUT2D eigenvalue weighted by Crippen LogP contribution is 2.18. The van der Waals surface area contributed by atoms with Crippen LogP contribution in [0.5, 0.6) is 0 Å². The molecule has 0 aliphatic carbocycles. The molecule has 126 valence electrons. The van der Waals surface area contributed by atoms with Gasteiger partial charge in [-0.15, -0.1) is 0 Å². The summed E-state index contributed by atoms with van der Waals surface area (Å²) in [7, 11) is 1.85. The van der Waals surface area contributed by atoms with Crippen molar-refractivity contribution in [1.82, 2.24) is 15.5 Å². The lowest BCUT2D eigenvalue weighted by atomic mass is 10.1. The molecule has 0 aromatic carbocycles. The molecule has 2 aliphatic heterocycles. The molecule has 2 atom stereocenters. The van der Waals surface area contributed by atoms with E-state index in [2.05, 4.69) is 47.4 Å². The van der Waals surface area contributed by atoms with Crippen LogP contribution >= 0.6 is 0 Å². The highest BCUT2D eigenvalue weighted by atomic mass is 16.5. The molecule has 0 amide bonds. The van der Waals surface area contributed by atoms with Gasteiger partial charge in [0.05, 0.1) is 13.2 Å². The Labute approximate surface area is 135 Å². The Morgan fingerprint density at radius 2 is 2.27 bits per heavy atom. The Hall–Kier alpha value is -1.07. The summed E-state index contributed by atoms with van der Waals surface area (Å²) in [6.07, 6.45) is 4.35. The lowest BCUT2D eigenvalue weighted by Crippen LogP contribution is -2.47. The Kier molecular flexibility index (Phi) is 6.70. The van der Waals surface area contributed by atoms with Crippen molar-refractivity contribution in [3.05, 3.63) is 11.6 Å². The van der Waals surface area contributed by atoms with Gasteiger partial charge in [0.15, 0.2) is 5.96 Å². The molecule has 0 spiro atoms. The zero-order valence-electron chi connectivity index (χ0n) is 14.6. The molecule has 1 saturated heterocycles. The van der Waals surface area contributed by atoms with Gasteiger partial charge in [0.25, 0.3) is 0 Å². The molecule has 0 aromatic heterocycles. The number of aliphatic imine (C=N–C) groups is 1. The number of hydrogen-bond donors (Lipinski definition) is 2. The molecule has 22 heavy (non-hydrogen) atoms. The molecule has 0 saturated carbocycles. The molecule has 5 heteroatoms. The quantitative estimate of drug-likeness (QED) is 0.460. The molecule has 2 N–H and O–H groups in total. The monoisotopic (exact) mass is 308 g/mol.